The summed E-state index contributed by atoms with van der Waals surface area (Å²) in [6.45, 7) is 6.74. The fourth-order valence-corrected chi connectivity index (χ4v) is 3.34. The first kappa shape index (κ1) is 12.9. The van der Waals surface area contributed by atoms with E-state index in [0.717, 1.165) is 37.1 Å². The molecule has 1 aliphatic heterocycles. The van der Waals surface area contributed by atoms with Crippen LogP contribution in [-0.4, -0.2) is 47.1 Å². The van der Waals surface area contributed by atoms with Crippen LogP contribution in [0.2, 0.25) is 0 Å². The van der Waals surface area contributed by atoms with Crippen molar-refractivity contribution in [1.29, 1.82) is 0 Å². The second kappa shape index (κ2) is 5.87. The number of hydrogen-bond donors (Lipinski definition) is 0. The first-order chi connectivity index (χ1) is 9.36. The van der Waals surface area contributed by atoms with Gasteiger partial charge in [0, 0.05) is 44.0 Å². The van der Waals surface area contributed by atoms with E-state index < -0.39 is 0 Å². The van der Waals surface area contributed by atoms with Crippen LogP contribution in [0.1, 0.15) is 38.3 Å². The van der Waals surface area contributed by atoms with Gasteiger partial charge in [0.05, 0.1) is 0 Å². The summed E-state index contributed by atoms with van der Waals surface area (Å²) in [5.74, 6) is 1.11. The van der Waals surface area contributed by atoms with E-state index >= 15 is 0 Å². The largest absolute Gasteiger partial charge is 0.354 e. The van der Waals surface area contributed by atoms with Gasteiger partial charge >= 0.3 is 0 Å². The predicted molar refractivity (Wildman–Crippen MR) is 77.5 cm³/mol. The van der Waals surface area contributed by atoms with Crippen molar-refractivity contribution in [2.45, 2.75) is 45.1 Å². The molecule has 1 saturated heterocycles. The average Bonchev–Trinajstić information content (AvgIpc) is 3.02. The van der Waals surface area contributed by atoms with Crippen LogP contribution in [0.25, 0.3) is 0 Å². The molecular weight excluding hydrogens is 236 g/mol. The Balaban J connectivity index is 1.59. The normalized spacial score (nSPS) is 22.1. The van der Waals surface area contributed by atoms with E-state index in [4.69, 9.17) is 0 Å². The Morgan fingerprint density at radius 2 is 1.84 bits per heavy atom. The van der Waals surface area contributed by atoms with Crippen LogP contribution < -0.4 is 4.90 Å². The Bertz CT molecular complexity index is 406. The zero-order valence-corrected chi connectivity index (χ0v) is 11.9. The van der Waals surface area contributed by atoms with Gasteiger partial charge in [-0.1, -0.05) is 19.8 Å². The van der Waals surface area contributed by atoms with Crippen molar-refractivity contribution in [3.8, 4) is 0 Å². The van der Waals surface area contributed by atoms with Gasteiger partial charge in [0.15, 0.2) is 0 Å². The minimum absolute atomic E-state index is 0.860. The van der Waals surface area contributed by atoms with Crippen molar-refractivity contribution >= 4 is 5.82 Å². The number of rotatable bonds is 3. The maximum absolute atomic E-state index is 4.43. The van der Waals surface area contributed by atoms with Gasteiger partial charge in [-0.2, -0.15) is 0 Å². The summed E-state index contributed by atoms with van der Waals surface area (Å²) in [7, 11) is 0. The summed E-state index contributed by atoms with van der Waals surface area (Å²) in [6.07, 6.45) is 8.36. The molecule has 2 aliphatic rings. The first-order valence-corrected chi connectivity index (χ1v) is 7.66. The van der Waals surface area contributed by atoms with Crippen LogP contribution >= 0.6 is 0 Å². The molecule has 0 atom stereocenters. The number of aromatic nitrogens is 2. The Kier molecular flexibility index (Phi) is 3.97. The van der Waals surface area contributed by atoms with E-state index in [9.17, 15) is 0 Å². The molecule has 2 heterocycles. The molecular formula is C15H24N4. The molecule has 2 fully saturated rings. The van der Waals surface area contributed by atoms with Crippen LogP contribution in [0.4, 0.5) is 5.82 Å². The molecule has 0 bridgehead atoms. The minimum Gasteiger partial charge on any atom is -0.354 e. The maximum Gasteiger partial charge on any atom is 0.132 e. The lowest BCUT2D eigenvalue weighted by Gasteiger charge is -2.38. The van der Waals surface area contributed by atoms with Crippen molar-refractivity contribution in [3.63, 3.8) is 0 Å². The molecule has 1 aromatic rings. The lowest BCUT2D eigenvalue weighted by Crippen LogP contribution is -2.50. The van der Waals surface area contributed by atoms with Crippen LogP contribution in [-0.2, 0) is 6.42 Å². The van der Waals surface area contributed by atoms with Gasteiger partial charge in [-0.25, -0.2) is 9.97 Å². The highest BCUT2D eigenvalue weighted by Gasteiger charge is 2.26. The molecule has 4 heteroatoms. The predicted octanol–water partition coefficient (Wildman–Crippen LogP) is 2.10. The molecule has 0 aromatic carbocycles. The smallest absolute Gasteiger partial charge is 0.132 e. The van der Waals surface area contributed by atoms with Crippen molar-refractivity contribution < 1.29 is 0 Å². The molecule has 0 N–H and O–H groups in total. The molecule has 1 saturated carbocycles. The zero-order chi connectivity index (χ0) is 13.1. The number of hydrogen-bond acceptors (Lipinski definition) is 4. The Hall–Kier alpha value is -1.16. The van der Waals surface area contributed by atoms with Gasteiger partial charge in [0.25, 0.3) is 0 Å². The van der Waals surface area contributed by atoms with Crippen molar-refractivity contribution in [2.24, 2.45) is 0 Å². The number of nitrogens with zero attached hydrogens (tertiary/aromatic N) is 4. The number of aryl methyl sites for hydroxylation is 1. The summed E-state index contributed by atoms with van der Waals surface area (Å²) in [5, 5.41) is 0. The lowest BCUT2D eigenvalue weighted by molar-refractivity contribution is 0.187. The molecule has 0 unspecified atom stereocenters. The molecule has 4 nitrogen and oxygen atoms in total. The molecule has 1 aromatic heterocycles. The van der Waals surface area contributed by atoms with Gasteiger partial charge < -0.3 is 4.90 Å². The number of piperazine rings is 1. The third kappa shape index (κ3) is 2.89. The standard InChI is InChI=1S/C15H24N4/c1-2-13-11-15(17-12-16-13)19-9-7-18(8-10-19)14-5-3-4-6-14/h11-12,14H,2-10H2,1H3. The van der Waals surface area contributed by atoms with E-state index in [-0.39, 0.29) is 0 Å². The zero-order valence-electron chi connectivity index (χ0n) is 11.9. The average molecular weight is 260 g/mol. The van der Waals surface area contributed by atoms with Crippen molar-refractivity contribution in [1.82, 2.24) is 14.9 Å². The molecule has 1 aliphatic carbocycles. The molecule has 19 heavy (non-hydrogen) atoms. The highest BCUT2D eigenvalue weighted by molar-refractivity contribution is 5.39. The third-order valence-corrected chi connectivity index (χ3v) is 4.55. The summed E-state index contributed by atoms with van der Waals surface area (Å²) < 4.78 is 0. The minimum atomic E-state index is 0.860. The molecule has 0 spiro atoms. The van der Waals surface area contributed by atoms with Crippen LogP contribution in [0.5, 0.6) is 0 Å². The third-order valence-electron chi connectivity index (χ3n) is 4.55. The van der Waals surface area contributed by atoms with Crippen LogP contribution in [0, 0.1) is 0 Å². The second-order valence-corrected chi connectivity index (χ2v) is 5.68. The topological polar surface area (TPSA) is 32.3 Å². The fraction of sp³-hybridized carbons (Fsp3) is 0.733. The summed E-state index contributed by atoms with van der Waals surface area (Å²) in [5.41, 5.74) is 1.14. The van der Waals surface area contributed by atoms with E-state index in [0.29, 0.717) is 0 Å². The van der Waals surface area contributed by atoms with E-state index in [1.165, 1.54) is 38.8 Å². The maximum atomic E-state index is 4.43. The molecule has 104 valence electrons. The van der Waals surface area contributed by atoms with Gasteiger partial charge in [-0.15, -0.1) is 0 Å². The van der Waals surface area contributed by atoms with Gasteiger partial charge in [-0.05, 0) is 19.3 Å². The molecule has 0 radical (unpaired) electrons. The van der Waals surface area contributed by atoms with E-state index in [1.807, 2.05) is 0 Å². The van der Waals surface area contributed by atoms with E-state index in [2.05, 4.69) is 32.8 Å². The summed E-state index contributed by atoms with van der Waals surface area (Å²) in [6, 6.07) is 3.00. The second-order valence-electron chi connectivity index (χ2n) is 5.68. The quantitative estimate of drug-likeness (QED) is 0.833. The van der Waals surface area contributed by atoms with E-state index in [1.54, 1.807) is 6.33 Å². The summed E-state index contributed by atoms with van der Waals surface area (Å²) >= 11 is 0. The van der Waals surface area contributed by atoms with Gasteiger partial charge in [-0.3, -0.25) is 4.90 Å². The van der Waals surface area contributed by atoms with Crippen LogP contribution in [0.15, 0.2) is 12.4 Å². The lowest BCUT2D eigenvalue weighted by atomic mass is 10.2. The first-order valence-electron chi connectivity index (χ1n) is 7.66. The van der Waals surface area contributed by atoms with Crippen LogP contribution in [0.3, 0.4) is 0 Å². The van der Waals surface area contributed by atoms with Gasteiger partial charge in [0.2, 0.25) is 0 Å². The van der Waals surface area contributed by atoms with Crippen molar-refractivity contribution in [3.05, 3.63) is 18.1 Å². The monoisotopic (exact) mass is 260 g/mol. The molecule has 3 rings (SSSR count). The Morgan fingerprint density at radius 1 is 1.11 bits per heavy atom. The fourth-order valence-electron chi connectivity index (χ4n) is 3.34. The van der Waals surface area contributed by atoms with Gasteiger partial charge in [0.1, 0.15) is 12.1 Å². The SMILES string of the molecule is CCc1cc(N2CCN(C3CCCC3)CC2)ncn1. The number of anilines is 1. The Morgan fingerprint density at radius 3 is 2.53 bits per heavy atom. The highest BCUT2D eigenvalue weighted by atomic mass is 15.3. The van der Waals surface area contributed by atoms with Crippen molar-refractivity contribution in [2.75, 3.05) is 31.1 Å². The summed E-state index contributed by atoms with van der Waals surface area (Å²) in [4.78, 5) is 13.8. The molecule has 0 amide bonds. The highest BCUT2D eigenvalue weighted by Crippen LogP contribution is 2.25. The Labute approximate surface area is 115 Å².